The first kappa shape index (κ1) is 13.4. The molecule has 1 saturated heterocycles. The lowest BCUT2D eigenvalue weighted by molar-refractivity contribution is 0.235. The van der Waals surface area contributed by atoms with E-state index in [0.29, 0.717) is 5.92 Å². The molecular formula is C14H24N4. The van der Waals surface area contributed by atoms with Gasteiger partial charge in [-0.05, 0) is 32.4 Å². The van der Waals surface area contributed by atoms with Gasteiger partial charge in [-0.3, -0.25) is 0 Å². The Morgan fingerprint density at radius 2 is 2.22 bits per heavy atom. The van der Waals surface area contributed by atoms with Crippen LogP contribution < -0.4 is 5.32 Å². The van der Waals surface area contributed by atoms with Crippen LogP contribution in [0.5, 0.6) is 0 Å². The summed E-state index contributed by atoms with van der Waals surface area (Å²) in [6.07, 6.45) is 1.03. The molecule has 0 spiro atoms. The molecule has 2 rings (SSSR count). The zero-order valence-corrected chi connectivity index (χ0v) is 11.9. The largest absolute Gasteiger partial charge is 0.305 e. The third-order valence-corrected chi connectivity index (χ3v) is 3.23. The highest BCUT2D eigenvalue weighted by Gasteiger charge is 2.21. The summed E-state index contributed by atoms with van der Waals surface area (Å²) in [6.45, 7) is 9.61. The van der Waals surface area contributed by atoms with Gasteiger partial charge in [0, 0.05) is 31.0 Å². The molecule has 1 atom stereocenters. The number of aryl methyl sites for hydroxylation is 1. The number of likely N-dealkylation sites (N-methyl/N-ethyl adjacent to an activating group) is 1. The van der Waals surface area contributed by atoms with Crippen molar-refractivity contribution in [3.8, 4) is 0 Å². The second-order valence-electron chi connectivity index (χ2n) is 5.73. The minimum Gasteiger partial charge on any atom is -0.305 e. The van der Waals surface area contributed by atoms with Crippen LogP contribution in [-0.4, -0.2) is 41.5 Å². The second-order valence-corrected chi connectivity index (χ2v) is 5.73. The van der Waals surface area contributed by atoms with E-state index >= 15 is 0 Å². The molecule has 1 aromatic heterocycles. The van der Waals surface area contributed by atoms with Gasteiger partial charge < -0.3 is 10.2 Å². The molecule has 0 bridgehead atoms. The zero-order valence-electron chi connectivity index (χ0n) is 11.9. The SMILES string of the molecule is Cc1cc(CC(C)C)nc(C2CN(C)CCN2)n1. The average Bonchev–Trinajstić information content (AvgIpc) is 2.27. The van der Waals surface area contributed by atoms with Crippen LogP contribution in [-0.2, 0) is 6.42 Å². The van der Waals surface area contributed by atoms with Gasteiger partial charge in [0.2, 0.25) is 0 Å². The molecule has 1 aliphatic rings. The summed E-state index contributed by atoms with van der Waals surface area (Å²) in [5, 5.41) is 3.51. The minimum absolute atomic E-state index is 0.273. The maximum absolute atomic E-state index is 4.73. The summed E-state index contributed by atoms with van der Waals surface area (Å²) in [4.78, 5) is 11.7. The number of nitrogens with one attached hydrogen (secondary N) is 1. The van der Waals surface area contributed by atoms with Crippen LogP contribution in [0, 0.1) is 12.8 Å². The fraction of sp³-hybridized carbons (Fsp3) is 0.714. The Morgan fingerprint density at radius 1 is 1.44 bits per heavy atom. The van der Waals surface area contributed by atoms with Crippen LogP contribution in [0.25, 0.3) is 0 Å². The molecule has 2 heterocycles. The lowest BCUT2D eigenvalue weighted by Crippen LogP contribution is -2.44. The van der Waals surface area contributed by atoms with Crippen LogP contribution in [0.4, 0.5) is 0 Å². The highest BCUT2D eigenvalue weighted by atomic mass is 15.2. The van der Waals surface area contributed by atoms with Gasteiger partial charge >= 0.3 is 0 Å². The normalized spacial score (nSPS) is 21.5. The molecule has 0 amide bonds. The predicted octanol–water partition coefficient (Wildman–Crippen LogP) is 1.56. The summed E-state index contributed by atoms with van der Waals surface area (Å²) in [6, 6.07) is 2.38. The molecule has 0 saturated carbocycles. The third-order valence-electron chi connectivity index (χ3n) is 3.23. The van der Waals surface area contributed by atoms with Crippen molar-refractivity contribution < 1.29 is 0 Å². The Hall–Kier alpha value is -1.00. The molecule has 0 aromatic carbocycles. The van der Waals surface area contributed by atoms with Crippen LogP contribution in [0.2, 0.25) is 0 Å². The molecule has 1 unspecified atom stereocenters. The highest BCUT2D eigenvalue weighted by molar-refractivity contribution is 5.13. The van der Waals surface area contributed by atoms with Gasteiger partial charge in [0.1, 0.15) is 5.82 Å². The van der Waals surface area contributed by atoms with Crippen molar-refractivity contribution in [3.63, 3.8) is 0 Å². The van der Waals surface area contributed by atoms with Crippen LogP contribution in [0.3, 0.4) is 0 Å². The number of aromatic nitrogens is 2. The van der Waals surface area contributed by atoms with E-state index in [1.54, 1.807) is 0 Å². The molecule has 4 nitrogen and oxygen atoms in total. The average molecular weight is 248 g/mol. The minimum atomic E-state index is 0.273. The number of nitrogens with zero attached hydrogens (tertiary/aromatic N) is 3. The molecular weight excluding hydrogens is 224 g/mol. The molecule has 1 fully saturated rings. The summed E-state index contributed by atoms with van der Waals surface area (Å²) < 4.78 is 0. The summed E-state index contributed by atoms with van der Waals surface area (Å²) >= 11 is 0. The van der Waals surface area contributed by atoms with Gasteiger partial charge in [-0.25, -0.2) is 9.97 Å². The fourth-order valence-corrected chi connectivity index (χ4v) is 2.41. The standard InChI is InChI=1S/C14H24N4/c1-10(2)7-12-8-11(3)16-14(17-12)13-9-18(4)6-5-15-13/h8,10,13,15H,5-7,9H2,1-4H3. The molecule has 1 aromatic rings. The van der Waals surface area contributed by atoms with Crippen LogP contribution >= 0.6 is 0 Å². The van der Waals surface area contributed by atoms with E-state index in [4.69, 9.17) is 4.98 Å². The van der Waals surface area contributed by atoms with Crippen LogP contribution in [0.15, 0.2) is 6.07 Å². The molecule has 1 N–H and O–H groups in total. The number of hydrogen-bond acceptors (Lipinski definition) is 4. The topological polar surface area (TPSA) is 41.1 Å². The van der Waals surface area contributed by atoms with E-state index in [9.17, 15) is 0 Å². The van der Waals surface area contributed by atoms with E-state index in [-0.39, 0.29) is 6.04 Å². The monoisotopic (exact) mass is 248 g/mol. The Kier molecular flexibility index (Phi) is 4.30. The maximum atomic E-state index is 4.73. The molecule has 1 aliphatic heterocycles. The van der Waals surface area contributed by atoms with Crippen molar-refractivity contribution in [3.05, 3.63) is 23.3 Å². The Labute approximate surface area is 110 Å². The molecule has 18 heavy (non-hydrogen) atoms. The lowest BCUT2D eigenvalue weighted by Gasteiger charge is -2.30. The summed E-state index contributed by atoms with van der Waals surface area (Å²) in [5.41, 5.74) is 2.24. The van der Waals surface area contributed by atoms with E-state index < -0.39 is 0 Å². The van der Waals surface area contributed by atoms with E-state index in [0.717, 1.165) is 37.6 Å². The van der Waals surface area contributed by atoms with Crippen LogP contribution in [0.1, 0.15) is 37.1 Å². The fourth-order valence-electron chi connectivity index (χ4n) is 2.41. The number of hydrogen-bond donors (Lipinski definition) is 1. The molecule has 100 valence electrons. The smallest absolute Gasteiger partial charge is 0.147 e. The maximum Gasteiger partial charge on any atom is 0.147 e. The lowest BCUT2D eigenvalue weighted by atomic mass is 10.1. The molecule has 0 radical (unpaired) electrons. The molecule has 4 heteroatoms. The number of piperazine rings is 1. The van der Waals surface area contributed by atoms with Crippen molar-refractivity contribution in [1.82, 2.24) is 20.2 Å². The highest BCUT2D eigenvalue weighted by Crippen LogP contribution is 2.15. The predicted molar refractivity (Wildman–Crippen MR) is 73.6 cm³/mol. The summed E-state index contributed by atoms with van der Waals surface area (Å²) in [7, 11) is 2.15. The quantitative estimate of drug-likeness (QED) is 0.881. The van der Waals surface area contributed by atoms with E-state index in [1.165, 1.54) is 5.69 Å². The Morgan fingerprint density at radius 3 is 2.89 bits per heavy atom. The van der Waals surface area contributed by atoms with Crippen molar-refractivity contribution in [2.45, 2.75) is 33.2 Å². The van der Waals surface area contributed by atoms with Gasteiger partial charge in [0.25, 0.3) is 0 Å². The zero-order chi connectivity index (χ0) is 13.1. The van der Waals surface area contributed by atoms with Gasteiger partial charge in [-0.1, -0.05) is 13.8 Å². The van der Waals surface area contributed by atoms with Gasteiger partial charge in [-0.15, -0.1) is 0 Å². The molecule has 0 aliphatic carbocycles. The Bertz CT molecular complexity index is 403. The van der Waals surface area contributed by atoms with Crippen molar-refractivity contribution >= 4 is 0 Å². The number of rotatable bonds is 3. The first-order chi connectivity index (χ1) is 8.54. The first-order valence-electron chi connectivity index (χ1n) is 6.81. The van der Waals surface area contributed by atoms with Gasteiger partial charge in [0.05, 0.1) is 6.04 Å². The van der Waals surface area contributed by atoms with Gasteiger partial charge in [-0.2, -0.15) is 0 Å². The van der Waals surface area contributed by atoms with Crippen molar-refractivity contribution in [2.24, 2.45) is 5.92 Å². The second kappa shape index (κ2) is 5.76. The first-order valence-corrected chi connectivity index (χ1v) is 6.81. The van der Waals surface area contributed by atoms with Crippen molar-refractivity contribution in [2.75, 3.05) is 26.7 Å². The Balaban J connectivity index is 2.18. The van der Waals surface area contributed by atoms with E-state index in [2.05, 4.69) is 49.1 Å². The third kappa shape index (κ3) is 3.50. The van der Waals surface area contributed by atoms with Crippen molar-refractivity contribution in [1.29, 1.82) is 0 Å². The van der Waals surface area contributed by atoms with Gasteiger partial charge in [0.15, 0.2) is 0 Å². The summed E-state index contributed by atoms with van der Waals surface area (Å²) in [5.74, 6) is 1.59. The van der Waals surface area contributed by atoms with E-state index in [1.807, 2.05) is 0 Å².